The van der Waals surface area contributed by atoms with Crippen molar-refractivity contribution in [2.24, 2.45) is 5.92 Å². The molecule has 0 amide bonds. The van der Waals surface area contributed by atoms with Crippen LogP contribution in [0.25, 0.3) is 0 Å². The molecule has 0 bridgehead atoms. The number of hydrogen-bond donors (Lipinski definition) is 2. The van der Waals surface area contributed by atoms with Crippen LogP contribution in [0.3, 0.4) is 0 Å². The summed E-state index contributed by atoms with van der Waals surface area (Å²) in [5.74, 6) is 1.34. The molecular formula is C16H25NO2. The number of aryl methyl sites for hydroxylation is 1. The van der Waals surface area contributed by atoms with E-state index in [-0.39, 0.29) is 12.6 Å². The van der Waals surface area contributed by atoms with E-state index in [0.29, 0.717) is 12.0 Å². The van der Waals surface area contributed by atoms with Crippen LogP contribution in [0.5, 0.6) is 5.75 Å². The summed E-state index contributed by atoms with van der Waals surface area (Å²) >= 11 is 0. The van der Waals surface area contributed by atoms with E-state index in [4.69, 9.17) is 4.74 Å². The molecule has 1 aliphatic carbocycles. The van der Waals surface area contributed by atoms with Crippen molar-refractivity contribution in [3.63, 3.8) is 0 Å². The van der Waals surface area contributed by atoms with Crippen LogP contribution < -0.4 is 10.1 Å². The Labute approximate surface area is 116 Å². The zero-order chi connectivity index (χ0) is 13.8. The van der Waals surface area contributed by atoms with Crippen LogP contribution in [0.15, 0.2) is 18.2 Å². The first-order valence-corrected chi connectivity index (χ1v) is 7.17. The number of aliphatic hydroxyl groups excluding tert-OH is 1. The average Bonchev–Trinajstić information content (AvgIpc) is 2.85. The molecule has 0 aromatic heterocycles. The van der Waals surface area contributed by atoms with Crippen LogP contribution in [-0.4, -0.2) is 24.9 Å². The van der Waals surface area contributed by atoms with Crippen LogP contribution in [0.2, 0.25) is 0 Å². The Balaban J connectivity index is 2.11. The minimum Gasteiger partial charge on any atom is -0.496 e. The number of hydrogen-bond acceptors (Lipinski definition) is 3. The average molecular weight is 263 g/mol. The number of benzene rings is 1. The lowest BCUT2D eigenvalue weighted by molar-refractivity contribution is 0.200. The van der Waals surface area contributed by atoms with Crippen molar-refractivity contribution in [3.8, 4) is 5.75 Å². The summed E-state index contributed by atoms with van der Waals surface area (Å²) < 4.78 is 5.45. The summed E-state index contributed by atoms with van der Waals surface area (Å²) in [5.41, 5.74) is 2.45. The quantitative estimate of drug-likeness (QED) is 0.858. The fourth-order valence-electron chi connectivity index (χ4n) is 3.08. The molecule has 2 rings (SSSR count). The van der Waals surface area contributed by atoms with E-state index in [1.807, 2.05) is 6.07 Å². The van der Waals surface area contributed by atoms with Crippen molar-refractivity contribution in [2.75, 3.05) is 13.7 Å². The summed E-state index contributed by atoms with van der Waals surface area (Å²) in [4.78, 5) is 0. The van der Waals surface area contributed by atoms with Gasteiger partial charge < -0.3 is 15.2 Å². The highest BCUT2D eigenvalue weighted by Crippen LogP contribution is 2.30. The second-order valence-electron chi connectivity index (χ2n) is 5.61. The molecule has 0 saturated heterocycles. The molecule has 0 spiro atoms. The van der Waals surface area contributed by atoms with Gasteiger partial charge in [-0.2, -0.15) is 0 Å². The lowest BCUT2D eigenvalue weighted by Gasteiger charge is -2.25. The second-order valence-corrected chi connectivity index (χ2v) is 5.61. The lowest BCUT2D eigenvalue weighted by atomic mass is 10.00. The number of ether oxygens (including phenoxy) is 1. The number of nitrogens with one attached hydrogen (secondary N) is 1. The summed E-state index contributed by atoms with van der Waals surface area (Å²) in [6.45, 7) is 4.56. The van der Waals surface area contributed by atoms with Crippen LogP contribution in [0.1, 0.15) is 43.4 Å². The fraction of sp³-hybridized carbons (Fsp3) is 0.625. The van der Waals surface area contributed by atoms with Crippen LogP contribution in [0.4, 0.5) is 0 Å². The molecule has 19 heavy (non-hydrogen) atoms. The molecule has 3 nitrogen and oxygen atoms in total. The maximum absolute atomic E-state index is 9.40. The molecule has 3 unspecified atom stereocenters. The third-order valence-corrected chi connectivity index (χ3v) is 4.21. The molecule has 0 heterocycles. The fourth-order valence-corrected chi connectivity index (χ4v) is 3.08. The van der Waals surface area contributed by atoms with E-state index < -0.39 is 0 Å². The van der Waals surface area contributed by atoms with Crippen LogP contribution >= 0.6 is 0 Å². The molecule has 106 valence electrons. The largest absolute Gasteiger partial charge is 0.496 e. The SMILES string of the molecule is COc1ccc(C)cc1C(C)NC1CCCC1CO. The van der Waals surface area contributed by atoms with Gasteiger partial charge in [-0.15, -0.1) is 0 Å². The molecule has 1 fully saturated rings. The van der Waals surface area contributed by atoms with E-state index >= 15 is 0 Å². The molecule has 1 aliphatic rings. The third-order valence-electron chi connectivity index (χ3n) is 4.21. The van der Waals surface area contributed by atoms with Crippen molar-refractivity contribution in [1.82, 2.24) is 5.32 Å². The maximum Gasteiger partial charge on any atom is 0.123 e. The topological polar surface area (TPSA) is 41.5 Å². The molecule has 1 aromatic rings. The van der Waals surface area contributed by atoms with E-state index in [9.17, 15) is 5.11 Å². The second kappa shape index (κ2) is 6.40. The Bertz CT molecular complexity index is 419. The normalized spacial score (nSPS) is 24.4. The molecule has 0 aliphatic heterocycles. The van der Waals surface area contributed by atoms with E-state index in [1.165, 1.54) is 17.5 Å². The minimum atomic E-state index is 0.243. The first kappa shape index (κ1) is 14.4. The highest BCUT2D eigenvalue weighted by atomic mass is 16.5. The molecule has 1 aromatic carbocycles. The van der Waals surface area contributed by atoms with Crippen molar-refractivity contribution in [3.05, 3.63) is 29.3 Å². The Morgan fingerprint density at radius 3 is 2.89 bits per heavy atom. The van der Waals surface area contributed by atoms with Gasteiger partial charge in [-0.1, -0.05) is 24.1 Å². The highest BCUT2D eigenvalue weighted by Gasteiger charge is 2.28. The van der Waals surface area contributed by atoms with Crippen LogP contribution in [-0.2, 0) is 0 Å². The van der Waals surface area contributed by atoms with E-state index in [1.54, 1.807) is 7.11 Å². The Hall–Kier alpha value is -1.06. The zero-order valence-corrected chi connectivity index (χ0v) is 12.1. The zero-order valence-electron chi connectivity index (χ0n) is 12.1. The smallest absolute Gasteiger partial charge is 0.123 e. The number of rotatable bonds is 5. The Morgan fingerprint density at radius 2 is 2.21 bits per heavy atom. The van der Waals surface area contributed by atoms with Gasteiger partial charge in [0.1, 0.15) is 5.75 Å². The molecule has 2 N–H and O–H groups in total. The number of aliphatic hydroxyl groups is 1. The van der Waals surface area contributed by atoms with Crippen molar-refractivity contribution >= 4 is 0 Å². The van der Waals surface area contributed by atoms with E-state index in [2.05, 4.69) is 31.3 Å². The molecular weight excluding hydrogens is 238 g/mol. The van der Waals surface area contributed by atoms with Gasteiger partial charge in [0.05, 0.1) is 7.11 Å². The van der Waals surface area contributed by atoms with Gasteiger partial charge in [-0.05, 0) is 38.7 Å². The Kier molecular flexibility index (Phi) is 4.83. The van der Waals surface area contributed by atoms with Crippen molar-refractivity contribution < 1.29 is 9.84 Å². The van der Waals surface area contributed by atoms with Gasteiger partial charge in [-0.25, -0.2) is 0 Å². The van der Waals surface area contributed by atoms with E-state index in [0.717, 1.165) is 18.6 Å². The van der Waals surface area contributed by atoms with Gasteiger partial charge in [0, 0.05) is 24.3 Å². The summed E-state index contributed by atoms with van der Waals surface area (Å²) in [5, 5.41) is 13.1. The molecule has 1 saturated carbocycles. The number of methoxy groups -OCH3 is 1. The summed E-state index contributed by atoms with van der Waals surface area (Å²) in [6, 6.07) is 6.94. The molecule has 0 radical (unpaired) electrons. The monoisotopic (exact) mass is 263 g/mol. The maximum atomic E-state index is 9.40. The highest BCUT2D eigenvalue weighted by molar-refractivity contribution is 5.38. The lowest BCUT2D eigenvalue weighted by Crippen LogP contribution is -2.36. The standard InChI is InChI=1S/C16H25NO2/c1-11-7-8-16(19-3)14(9-11)12(2)17-15-6-4-5-13(15)10-18/h7-9,12-13,15,17-18H,4-6,10H2,1-3H3. The predicted molar refractivity (Wildman–Crippen MR) is 77.5 cm³/mol. The van der Waals surface area contributed by atoms with Gasteiger partial charge in [0.15, 0.2) is 0 Å². The van der Waals surface area contributed by atoms with Gasteiger partial charge in [0.25, 0.3) is 0 Å². The summed E-state index contributed by atoms with van der Waals surface area (Å²) in [6.07, 6.45) is 3.50. The first-order valence-electron chi connectivity index (χ1n) is 7.17. The first-order chi connectivity index (χ1) is 9.15. The van der Waals surface area contributed by atoms with Gasteiger partial charge in [0.2, 0.25) is 0 Å². The van der Waals surface area contributed by atoms with Gasteiger partial charge in [-0.3, -0.25) is 0 Å². The van der Waals surface area contributed by atoms with Crippen molar-refractivity contribution in [1.29, 1.82) is 0 Å². The van der Waals surface area contributed by atoms with Crippen LogP contribution in [0, 0.1) is 12.8 Å². The minimum absolute atomic E-state index is 0.243. The Morgan fingerprint density at radius 1 is 1.42 bits per heavy atom. The van der Waals surface area contributed by atoms with Gasteiger partial charge >= 0.3 is 0 Å². The third kappa shape index (κ3) is 3.28. The van der Waals surface area contributed by atoms with Crippen molar-refractivity contribution in [2.45, 2.75) is 45.2 Å². The predicted octanol–water partition coefficient (Wildman–Crippen LogP) is 2.82. The molecule has 3 atom stereocenters. The summed E-state index contributed by atoms with van der Waals surface area (Å²) in [7, 11) is 1.72. The molecule has 3 heteroatoms.